The van der Waals surface area contributed by atoms with Crippen molar-refractivity contribution in [2.45, 2.75) is 65.7 Å². The van der Waals surface area contributed by atoms with Crippen LogP contribution < -0.4 is 10.2 Å². The molecule has 5 nitrogen and oxygen atoms in total. The van der Waals surface area contributed by atoms with E-state index in [4.69, 9.17) is 25.6 Å². The summed E-state index contributed by atoms with van der Waals surface area (Å²) in [5.74, 6) is 0.417. The topological polar surface area (TPSA) is 48.0 Å². The van der Waals surface area contributed by atoms with Gasteiger partial charge in [-0.3, -0.25) is 4.79 Å². The van der Waals surface area contributed by atoms with Gasteiger partial charge in [0.2, 0.25) is 0 Å². The molecule has 2 rings (SSSR count). The van der Waals surface area contributed by atoms with Crippen molar-refractivity contribution >= 4 is 30.5 Å². The number of rotatable bonds is 7. The van der Waals surface area contributed by atoms with Crippen LogP contribution in [0.2, 0.25) is 5.02 Å². The fraction of sp³-hybridized carbons (Fsp3) is 0.650. The number of ether oxygens (including phenoxy) is 1. The van der Waals surface area contributed by atoms with E-state index in [0.717, 1.165) is 23.9 Å². The van der Waals surface area contributed by atoms with Gasteiger partial charge in [-0.05, 0) is 72.2 Å². The maximum Gasteiger partial charge on any atom is 0.495 e. The second-order valence-electron chi connectivity index (χ2n) is 8.26. The predicted molar refractivity (Wildman–Crippen MR) is 111 cm³/mol. The molecule has 0 aliphatic carbocycles. The zero-order valence-corrected chi connectivity index (χ0v) is 18.4. The lowest BCUT2D eigenvalue weighted by atomic mass is 9.75. The number of nitrogens with zero attached hydrogens (tertiary/aromatic N) is 1. The van der Waals surface area contributed by atoms with E-state index in [-0.39, 0.29) is 6.04 Å². The summed E-state index contributed by atoms with van der Waals surface area (Å²) >= 11 is 6.59. The highest BCUT2D eigenvalue weighted by Crippen LogP contribution is 2.38. The third-order valence-corrected chi connectivity index (χ3v) is 6.34. The van der Waals surface area contributed by atoms with Crippen molar-refractivity contribution in [2.24, 2.45) is 0 Å². The van der Waals surface area contributed by atoms with E-state index in [1.165, 1.54) is 0 Å². The normalized spacial score (nSPS) is 19.4. The third-order valence-electron chi connectivity index (χ3n) is 5.89. The molecular formula is C20H31BClNO4. The molecule has 0 unspecified atom stereocenters. The minimum Gasteiger partial charge on any atom is -0.490 e. The van der Waals surface area contributed by atoms with Crippen LogP contribution in [0.15, 0.2) is 6.07 Å². The molecule has 1 heterocycles. The zero-order valence-electron chi connectivity index (χ0n) is 17.7. The van der Waals surface area contributed by atoms with Crippen LogP contribution in [-0.2, 0) is 9.31 Å². The molecule has 0 N–H and O–H groups in total. The Morgan fingerprint density at radius 3 is 2.33 bits per heavy atom. The van der Waals surface area contributed by atoms with Crippen LogP contribution in [0.3, 0.4) is 0 Å². The molecule has 0 bridgehead atoms. The first kappa shape index (κ1) is 22.2. The highest BCUT2D eigenvalue weighted by molar-refractivity contribution is 6.63. The molecule has 0 aromatic heterocycles. The van der Waals surface area contributed by atoms with Crippen LogP contribution in [-0.4, -0.2) is 55.7 Å². The van der Waals surface area contributed by atoms with Crippen LogP contribution in [0.1, 0.15) is 57.5 Å². The second-order valence-corrected chi connectivity index (χ2v) is 8.64. The lowest BCUT2D eigenvalue weighted by Crippen LogP contribution is -2.41. The monoisotopic (exact) mass is 395 g/mol. The van der Waals surface area contributed by atoms with E-state index < -0.39 is 18.3 Å². The highest BCUT2D eigenvalue weighted by Gasteiger charge is 2.52. The van der Waals surface area contributed by atoms with Gasteiger partial charge >= 0.3 is 7.12 Å². The van der Waals surface area contributed by atoms with Gasteiger partial charge in [0.05, 0.1) is 21.8 Å². The Morgan fingerprint density at radius 1 is 1.30 bits per heavy atom. The van der Waals surface area contributed by atoms with Gasteiger partial charge in [0.15, 0.2) is 6.29 Å². The molecule has 1 aromatic carbocycles. The summed E-state index contributed by atoms with van der Waals surface area (Å²) in [7, 11) is 1.45. The van der Waals surface area contributed by atoms with E-state index in [9.17, 15) is 4.79 Å². The Bertz CT molecular complexity index is 692. The number of benzene rings is 1. The predicted octanol–water partition coefficient (Wildman–Crippen LogP) is 3.48. The molecule has 1 atom stereocenters. The number of likely N-dealkylation sites (N-methyl/N-ethyl adjacent to an activating group) is 1. The zero-order chi connectivity index (χ0) is 20.6. The summed E-state index contributed by atoms with van der Waals surface area (Å²) in [6.07, 6.45) is 0.767. The molecule has 150 valence electrons. The van der Waals surface area contributed by atoms with Crippen LogP contribution >= 0.6 is 11.6 Å². The Hall–Kier alpha value is -1.08. The van der Waals surface area contributed by atoms with Crippen LogP contribution in [0.4, 0.5) is 0 Å². The average Bonchev–Trinajstić information content (AvgIpc) is 2.82. The number of hydrogen-bond acceptors (Lipinski definition) is 5. The fourth-order valence-electron chi connectivity index (χ4n) is 2.86. The van der Waals surface area contributed by atoms with Gasteiger partial charge in [0.1, 0.15) is 12.4 Å². The molecular weight excluding hydrogens is 364 g/mol. The largest absolute Gasteiger partial charge is 0.495 e. The van der Waals surface area contributed by atoms with Crippen molar-refractivity contribution in [1.29, 1.82) is 0 Å². The molecule has 0 spiro atoms. The molecule has 1 fully saturated rings. The lowest BCUT2D eigenvalue weighted by Gasteiger charge is -2.32. The van der Waals surface area contributed by atoms with E-state index >= 15 is 0 Å². The average molecular weight is 396 g/mol. The molecule has 1 aliphatic rings. The molecule has 27 heavy (non-hydrogen) atoms. The molecule has 0 amide bonds. The first-order valence-corrected chi connectivity index (χ1v) is 9.79. The van der Waals surface area contributed by atoms with Gasteiger partial charge < -0.3 is 18.9 Å². The maximum absolute atomic E-state index is 11.7. The Balaban J connectivity index is 2.34. The summed E-state index contributed by atoms with van der Waals surface area (Å²) in [5.41, 5.74) is 1.03. The number of carbonyl (C=O) groups excluding carboxylic acids is 1. The van der Waals surface area contributed by atoms with Crippen molar-refractivity contribution in [3.8, 4) is 5.75 Å². The summed E-state index contributed by atoms with van der Waals surface area (Å²) in [6.45, 7) is 15.4. The summed E-state index contributed by atoms with van der Waals surface area (Å²) in [6, 6.07) is 1.97. The SMILES string of the molecule is CCN(C)[C@@H](C)COc1c(C=O)cc(B2OC(C)(C)C(C)(C)O2)c(C)c1Cl. The smallest absolute Gasteiger partial charge is 0.490 e. The summed E-state index contributed by atoms with van der Waals surface area (Å²) in [4.78, 5) is 13.9. The highest BCUT2D eigenvalue weighted by atomic mass is 35.5. The third kappa shape index (κ3) is 4.34. The fourth-order valence-corrected chi connectivity index (χ4v) is 3.13. The van der Waals surface area contributed by atoms with E-state index in [1.54, 1.807) is 6.07 Å². The van der Waals surface area contributed by atoms with Gasteiger partial charge in [-0.25, -0.2) is 0 Å². The van der Waals surface area contributed by atoms with Gasteiger partial charge in [-0.1, -0.05) is 18.5 Å². The van der Waals surface area contributed by atoms with Crippen LogP contribution in [0.25, 0.3) is 0 Å². The van der Waals surface area contributed by atoms with Crippen molar-refractivity contribution in [2.75, 3.05) is 20.2 Å². The van der Waals surface area contributed by atoms with Crippen molar-refractivity contribution in [1.82, 2.24) is 4.90 Å². The minimum absolute atomic E-state index is 0.202. The van der Waals surface area contributed by atoms with Crippen molar-refractivity contribution in [3.63, 3.8) is 0 Å². The standard InChI is InChI=1S/C20H31BClNO4/c1-9-23(8)13(2)12-25-18-15(11-24)10-16(14(3)17(18)22)21-26-19(4,5)20(6,7)27-21/h10-11,13H,9,12H2,1-8H3/t13-/m0/s1. The second kappa shape index (κ2) is 8.12. The van der Waals surface area contributed by atoms with Crippen LogP contribution in [0.5, 0.6) is 5.75 Å². The quantitative estimate of drug-likeness (QED) is 0.522. The van der Waals surface area contributed by atoms with Crippen LogP contribution in [0, 0.1) is 6.92 Å². The number of carbonyl (C=O) groups is 1. The molecule has 0 saturated carbocycles. The van der Waals surface area contributed by atoms with Crippen molar-refractivity contribution in [3.05, 3.63) is 22.2 Å². The van der Waals surface area contributed by atoms with Gasteiger partial charge in [0, 0.05) is 6.04 Å². The van der Waals surface area contributed by atoms with Crippen molar-refractivity contribution < 1.29 is 18.8 Å². The Kier molecular flexibility index (Phi) is 6.68. The molecule has 1 saturated heterocycles. The summed E-state index contributed by atoms with van der Waals surface area (Å²) < 4.78 is 18.2. The maximum atomic E-state index is 11.7. The van der Waals surface area contributed by atoms with E-state index in [2.05, 4.69) is 18.7 Å². The number of hydrogen-bond donors (Lipinski definition) is 0. The van der Waals surface area contributed by atoms with Gasteiger partial charge in [0.25, 0.3) is 0 Å². The molecule has 1 aliphatic heterocycles. The van der Waals surface area contributed by atoms with Gasteiger partial charge in [-0.15, -0.1) is 0 Å². The lowest BCUT2D eigenvalue weighted by molar-refractivity contribution is 0.00578. The molecule has 1 aromatic rings. The Labute approximate surface area is 168 Å². The molecule has 7 heteroatoms. The Morgan fingerprint density at radius 2 is 1.85 bits per heavy atom. The summed E-state index contributed by atoms with van der Waals surface area (Å²) in [5, 5.41) is 0.427. The van der Waals surface area contributed by atoms with Gasteiger partial charge in [-0.2, -0.15) is 0 Å². The molecule has 0 radical (unpaired) electrons. The number of aldehydes is 1. The number of halogens is 1. The van der Waals surface area contributed by atoms with E-state index in [0.29, 0.717) is 22.9 Å². The first-order chi connectivity index (χ1) is 12.4. The minimum atomic E-state index is -0.578. The van der Waals surface area contributed by atoms with E-state index in [1.807, 2.05) is 41.7 Å². The first-order valence-electron chi connectivity index (χ1n) is 9.42.